The summed E-state index contributed by atoms with van der Waals surface area (Å²) in [5.74, 6) is -0.359. The molecule has 144 valence electrons. The van der Waals surface area contributed by atoms with Crippen LogP contribution in [0.2, 0.25) is 0 Å². The minimum atomic E-state index is -0.342. The van der Waals surface area contributed by atoms with E-state index in [1.165, 1.54) is 7.11 Å². The van der Waals surface area contributed by atoms with Crippen molar-refractivity contribution in [1.82, 2.24) is 0 Å². The summed E-state index contributed by atoms with van der Waals surface area (Å²) in [5.41, 5.74) is 4.79. The summed E-state index contributed by atoms with van der Waals surface area (Å²) >= 11 is 0. The standard InChI is InChI=1S/C25H21NO3/c1-29-25(28)21-12-13-23-20(16-21)14-15-26(23)17-22(18-8-4-2-5-9-18)24(27)19-10-6-3-7-11-19/h2-13,16-17H,14-15H2,1H3/b22-17+. The number of esters is 1. The van der Waals surface area contributed by atoms with Crippen molar-refractivity contribution in [3.63, 3.8) is 0 Å². The van der Waals surface area contributed by atoms with Gasteiger partial charge in [-0.2, -0.15) is 0 Å². The zero-order valence-electron chi connectivity index (χ0n) is 16.2. The van der Waals surface area contributed by atoms with Crippen molar-refractivity contribution in [1.29, 1.82) is 0 Å². The number of ketones is 1. The quantitative estimate of drug-likeness (QED) is 0.362. The van der Waals surface area contributed by atoms with Crippen LogP contribution in [0.3, 0.4) is 0 Å². The lowest BCUT2D eigenvalue weighted by Crippen LogP contribution is -2.15. The molecule has 3 aromatic carbocycles. The summed E-state index contributed by atoms with van der Waals surface area (Å²) in [6, 6.07) is 24.6. The molecule has 4 rings (SSSR count). The summed E-state index contributed by atoms with van der Waals surface area (Å²) in [4.78, 5) is 27.2. The zero-order chi connectivity index (χ0) is 20.2. The number of carbonyl (C=O) groups is 2. The van der Waals surface area contributed by atoms with Crippen molar-refractivity contribution in [3.05, 3.63) is 107 Å². The first-order valence-electron chi connectivity index (χ1n) is 9.52. The van der Waals surface area contributed by atoms with Crippen molar-refractivity contribution in [2.45, 2.75) is 6.42 Å². The molecule has 0 aliphatic carbocycles. The molecule has 0 unspecified atom stereocenters. The van der Waals surface area contributed by atoms with E-state index < -0.39 is 0 Å². The summed E-state index contributed by atoms with van der Waals surface area (Å²) in [5, 5.41) is 0. The SMILES string of the molecule is COC(=O)c1ccc2c(c1)CCN2/C=C(/C(=O)c1ccccc1)c1ccccc1. The van der Waals surface area contributed by atoms with Gasteiger partial charge in [0.05, 0.1) is 12.7 Å². The Morgan fingerprint density at radius 2 is 1.52 bits per heavy atom. The molecule has 0 aromatic heterocycles. The lowest BCUT2D eigenvalue weighted by molar-refractivity contribution is 0.0600. The molecule has 4 heteroatoms. The summed E-state index contributed by atoms with van der Waals surface area (Å²) in [6.45, 7) is 0.748. The lowest BCUT2D eigenvalue weighted by Gasteiger charge is -2.17. The van der Waals surface area contributed by atoms with Gasteiger partial charge >= 0.3 is 5.97 Å². The number of carbonyl (C=O) groups excluding carboxylic acids is 2. The molecule has 0 saturated carbocycles. The Balaban J connectivity index is 1.74. The minimum absolute atomic E-state index is 0.0172. The van der Waals surface area contributed by atoms with Gasteiger partial charge in [-0.05, 0) is 35.7 Å². The fourth-order valence-corrected chi connectivity index (χ4v) is 3.59. The highest BCUT2D eigenvalue weighted by atomic mass is 16.5. The number of methoxy groups -OCH3 is 1. The average molecular weight is 383 g/mol. The smallest absolute Gasteiger partial charge is 0.337 e. The Morgan fingerprint density at radius 3 is 2.17 bits per heavy atom. The first kappa shape index (κ1) is 18.7. The lowest BCUT2D eigenvalue weighted by atomic mass is 9.97. The number of fused-ring (bicyclic) bond motifs is 1. The minimum Gasteiger partial charge on any atom is -0.465 e. The predicted octanol–water partition coefficient (Wildman–Crippen LogP) is 4.76. The first-order chi connectivity index (χ1) is 14.2. The van der Waals surface area contributed by atoms with Gasteiger partial charge in [-0.3, -0.25) is 4.79 Å². The highest BCUT2D eigenvalue weighted by Crippen LogP contribution is 2.31. The molecule has 1 aliphatic rings. The zero-order valence-corrected chi connectivity index (χ0v) is 16.2. The number of rotatable bonds is 5. The van der Waals surface area contributed by atoms with Gasteiger partial charge in [-0.25, -0.2) is 4.79 Å². The van der Waals surface area contributed by atoms with E-state index in [4.69, 9.17) is 4.74 Å². The van der Waals surface area contributed by atoms with E-state index in [-0.39, 0.29) is 11.8 Å². The van der Waals surface area contributed by atoms with Crippen molar-refractivity contribution in [2.24, 2.45) is 0 Å². The molecule has 1 aliphatic heterocycles. The van der Waals surface area contributed by atoms with Gasteiger partial charge in [-0.1, -0.05) is 60.7 Å². The molecule has 0 atom stereocenters. The molecular formula is C25H21NO3. The van der Waals surface area contributed by atoms with Gasteiger partial charge in [0.1, 0.15) is 0 Å². The van der Waals surface area contributed by atoms with Gasteiger partial charge in [-0.15, -0.1) is 0 Å². The maximum absolute atomic E-state index is 13.3. The van der Waals surface area contributed by atoms with Gasteiger partial charge in [0.15, 0.2) is 5.78 Å². The molecule has 0 N–H and O–H groups in total. The average Bonchev–Trinajstić information content (AvgIpc) is 3.19. The molecular weight excluding hydrogens is 362 g/mol. The fourth-order valence-electron chi connectivity index (χ4n) is 3.59. The van der Waals surface area contributed by atoms with Crippen LogP contribution < -0.4 is 4.90 Å². The molecule has 0 spiro atoms. The van der Waals surface area contributed by atoms with Gasteiger partial charge in [0.2, 0.25) is 0 Å². The van der Waals surface area contributed by atoms with Crippen molar-refractivity contribution >= 4 is 23.0 Å². The monoisotopic (exact) mass is 383 g/mol. The first-order valence-corrected chi connectivity index (χ1v) is 9.52. The molecule has 0 bridgehead atoms. The summed E-state index contributed by atoms with van der Waals surface area (Å²) in [7, 11) is 1.38. The second-order valence-corrected chi connectivity index (χ2v) is 6.88. The van der Waals surface area contributed by atoms with Crippen molar-refractivity contribution in [2.75, 3.05) is 18.6 Å². The molecule has 29 heavy (non-hydrogen) atoms. The van der Waals surface area contributed by atoms with Crippen LogP contribution in [-0.4, -0.2) is 25.4 Å². The van der Waals surface area contributed by atoms with E-state index >= 15 is 0 Å². The van der Waals surface area contributed by atoms with Gasteiger partial charge in [0.25, 0.3) is 0 Å². The van der Waals surface area contributed by atoms with Crippen LogP contribution in [0.4, 0.5) is 5.69 Å². The number of nitrogens with zero attached hydrogens (tertiary/aromatic N) is 1. The summed E-state index contributed by atoms with van der Waals surface area (Å²) in [6.07, 6.45) is 2.73. The van der Waals surface area contributed by atoms with Gasteiger partial charge in [0, 0.05) is 29.6 Å². The molecule has 0 radical (unpaired) electrons. The molecule has 1 heterocycles. The Bertz CT molecular complexity index is 1070. The number of benzene rings is 3. The maximum atomic E-state index is 13.3. The maximum Gasteiger partial charge on any atom is 0.337 e. The van der Waals surface area contributed by atoms with Crippen LogP contribution in [0.5, 0.6) is 0 Å². The topological polar surface area (TPSA) is 46.6 Å². The van der Waals surface area contributed by atoms with Crippen LogP contribution in [-0.2, 0) is 11.2 Å². The fraction of sp³-hybridized carbons (Fsp3) is 0.120. The van der Waals surface area contributed by atoms with Crippen LogP contribution in [0.25, 0.3) is 5.57 Å². The molecule has 0 saturated heterocycles. The molecule has 0 amide bonds. The predicted molar refractivity (Wildman–Crippen MR) is 114 cm³/mol. The molecule has 4 nitrogen and oxygen atoms in total. The van der Waals surface area contributed by atoms with Crippen LogP contribution in [0.15, 0.2) is 85.1 Å². The van der Waals surface area contributed by atoms with Crippen molar-refractivity contribution in [3.8, 4) is 0 Å². The number of allylic oxidation sites excluding steroid dienone is 1. The molecule has 0 fully saturated rings. The summed E-state index contributed by atoms with van der Waals surface area (Å²) < 4.78 is 4.82. The second kappa shape index (κ2) is 8.15. The van der Waals surface area contributed by atoms with E-state index in [2.05, 4.69) is 4.90 Å². The highest BCUT2D eigenvalue weighted by Gasteiger charge is 2.22. The van der Waals surface area contributed by atoms with Crippen LogP contribution in [0, 0.1) is 0 Å². The third-order valence-corrected chi connectivity index (χ3v) is 5.08. The van der Waals surface area contributed by atoms with Crippen LogP contribution in [0.1, 0.15) is 31.8 Å². The largest absolute Gasteiger partial charge is 0.465 e. The number of hydrogen-bond acceptors (Lipinski definition) is 4. The third-order valence-electron chi connectivity index (χ3n) is 5.08. The van der Waals surface area contributed by atoms with Gasteiger partial charge < -0.3 is 9.64 Å². The Labute approximate surface area is 170 Å². The Hall–Kier alpha value is -3.66. The third kappa shape index (κ3) is 3.83. The number of Topliss-reactive ketones (excluding diaryl/α,β-unsaturated/α-hetero) is 1. The Kier molecular flexibility index (Phi) is 5.25. The second-order valence-electron chi connectivity index (χ2n) is 6.88. The normalized spacial score (nSPS) is 13.1. The van der Waals surface area contributed by atoms with E-state index in [9.17, 15) is 9.59 Å². The van der Waals surface area contributed by atoms with Crippen molar-refractivity contribution < 1.29 is 14.3 Å². The van der Waals surface area contributed by atoms with E-state index in [0.717, 1.165) is 29.8 Å². The number of ether oxygens (including phenoxy) is 1. The Morgan fingerprint density at radius 1 is 0.862 bits per heavy atom. The van der Waals surface area contributed by atoms with E-state index in [1.54, 1.807) is 6.07 Å². The molecule has 3 aromatic rings. The number of hydrogen-bond donors (Lipinski definition) is 0. The van der Waals surface area contributed by atoms with Crippen LogP contribution >= 0.6 is 0 Å². The van der Waals surface area contributed by atoms with E-state index in [0.29, 0.717) is 16.7 Å². The number of anilines is 1. The van der Waals surface area contributed by atoms with E-state index in [1.807, 2.05) is 79.0 Å². The highest BCUT2D eigenvalue weighted by molar-refractivity contribution is 6.29.